The van der Waals surface area contributed by atoms with Gasteiger partial charge in [-0.1, -0.05) is 12.0 Å². The maximum absolute atomic E-state index is 12.8. The molecule has 0 aliphatic carbocycles. The molecule has 1 aliphatic heterocycles. The number of imidazole rings is 1. The fourth-order valence-electron chi connectivity index (χ4n) is 4.72. The number of anilines is 2. The Morgan fingerprint density at radius 1 is 1.13 bits per heavy atom. The summed E-state index contributed by atoms with van der Waals surface area (Å²) in [6, 6.07) is 5.56. The molecule has 4 heterocycles. The monoisotopic (exact) mass is 635 g/mol. The minimum Gasteiger partial charge on any atom is -0.444 e. The Morgan fingerprint density at radius 2 is 1.87 bits per heavy atom. The maximum atomic E-state index is 12.8. The van der Waals surface area contributed by atoms with Gasteiger partial charge in [0.1, 0.15) is 34.5 Å². The molecule has 248 valence electrons. The Balaban J connectivity index is 1.53. The molecular weight excluding hydrogens is 590 g/mol. The van der Waals surface area contributed by atoms with E-state index in [9.17, 15) is 9.59 Å². The second kappa shape index (κ2) is 14.3. The summed E-state index contributed by atoms with van der Waals surface area (Å²) < 4.78 is 24.6. The van der Waals surface area contributed by atoms with Crippen molar-refractivity contribution < 1.29 is 28.5 Å². The summed E-state index contributed by atoms with van der Waals surface area (Å²) in [5, 5.41) is 2.83. The Hall–Kier alpha value is -4.41. The number of nitrogens with one attached hydrogen (secondary N) is 1. The van der Waals surface area contributed by atoms with Gasteiger partial charge in [0, 0.05) is 26.4 Å². The third kappa shape index (κ3) is 9.55. The molecule has 1 saturated heterocycles. The molecule has 0 spiro atoms. The summed E-state index contributed by atoms with van der Waals surface area (Å²) in [7, 11) is 3.38. The SMILES string of the molecule is CN(C(=O)OC(C)(C)C)c1nc(N)c(C#Cc2cccc(CC[C@@H](NC(=O)OC(C)(C)C)OC3CCCCO3)n2)c2c1ncn2C. The van der Waals surface area contributed by atoms with E-state index in [2.05, 4.69) is 27.1 Å². The van der Waals surface area contributed by atoms with Crippen LogP contribution in [-0.4, -0.2) is 69.1 Å². The van der Waals surface area contributed by atoms with Gasteiger partial charge in [0.05, 0.1) is 17.4 Å². The average molecular weight is 636 g/mol. The van der Waals surface area contributed by atoms with Crippen molar-refractivity contribution in [1.29, 1.82) is 0 Å². The number of ether oxygens (including phenoxy) is 4. The quantitative estimate of drug-likeness (QED) is 0.266. The van der Waals surface area contributed by atoms with E-state index in [1.54, 1.807) is 44.8 Å². The van der Waals surface area contributed by atoms with Gasteiger partial charge in [-0.3, -0.25) is 10.2 Å². The van der Waals surface area contributed by atoms with Crippen LogP contribution in [0.1, 0.15) is 84.2 Å². The van der Waals surface area contributed by atoms with Crippen molar-refractivity contribution in [2.24, 2.45) is 7.05 Å². The zero-order chi connectivity index (χ0) is 33.6. The van der Waals surface area contributed by atoms with E-state index < -0.39 is 35.9 Å². The number of aryl methyl sites for hydroxylation is 2. The fraction of sp³-hybridized carbons (Fsp3) is 0.545. The predicted octanol–water partition coefficient (Wildman–Crippen LogP) is 5.04. The van der Waals surface area contributed by atoms with E-state index in [0.29, 0.717) is 41.7 Å². The first kappa shape index (κ1) is 34.5. The van der Waals surface area contributed by atoms with Crippen molar-refractivity contribution in [3.8, 4) is 11.8 Å². The van der Waals surface area contributed by atoms with Crippen LogP contribution in [0.3, 0.4) is 0 Å². The van der Waals surface area contributed by atoms with Gasteiger partial charge >= 0.3 is 12.2 Å². The van der Waals surface area contributed by atoms with E-state index in [0.717, 1.165) is 25.0 Å². The third-order valence-corrected chi connectivity index (χ3v) is 6.77. The second-order valence-corrected chi connectivity index (χ2v) is 13.2. The molecule has 1 fully saturated rings. The molecular formula is C33H45N7O6. The number of fused-ring (bicyclic) bond motifs is 1. The lowest BCUT2D eigenvalue weighted by Gasteiger charge is -2.29. The van der Waals surface area contributed by atoms with Crippen molar-refractivity contribution in [1.82, 2.24) is 24.8 Å². The standard InChI is InChI=1S/C33H45N7O6/c1-32(2,3)45-30(41)37-24(44-25-14-9-10-19-43-25)18-16-22-13-11-12-21(36-22)15-17-23-27-26(35-20-39(27)7)29(38-28(23)34)40(8)31(42)46-33(4,5)6/h11-13,20,24-25H,9-10,14,16,18-19H2,1-8H3,(H2,34,38)(H,37,41)/t24-,25?/m0/s1. The van der Waals surface area contributed by atoms with Gasteiger partial charge in [-0.25, -0.2) is 24.5 Å². The largest absolute Gasteiger partial charge is 0.444 e. The highest BCUT2D eigenvalue weighted by atomic mass is 16.7. The van der Waals surface area contributed by atoms with Crippen LogP contribution in [0.2, 0.25) is 0 Å². The number of amides is 2. The lowest BCUT2D eigenvalue weighted by Crippen LogP contribution is -2.43. The smallest absolute Gasteiger partial charge is 0.415 e. The highest BCUT2D eigenvalue weighted by Gasteiger charge is 2.26. The van der Waals surface area contributed by atoms with Gasteiger partial charge in [0.15, 0.2) is 12.1 Å². The van der Waals surface area contributed by atoms with Gasteiger partial charge in [0.2, 0.25) is 0 Å². The summed E-state index contributed by atoms with van der Waals surface area (Å²) >= 11 is 0. The van der Waals surface area contributed by atoms with Crippen LogP contribution in [-0.2, 0) is 32.4 Å². The van der Waals surface area contributed by atoms with Gasteiger partial charge < -0.3 is 29.2 Å². The third-order valence-electron chi connectivity index (χ3n) is 6.77. The van der Waals surface area contributed by atoms with E-state index in [1.807, 2.05) is 40.0 Å². The molecule has 3 aromatic heterocycles. The summed E-state index contributed by atoms with van der Waals surface area (Å²) in [6.07, 6.45) is 3.16. The maximum Gasteiger partial charge on any atom is 0.415 e. The number of alkyl carbamates (subject to hydrolysis) is 1. The Bertz CT molecular complexity index is 1610. The molecule has 46 heavy (non-hydrogen) atoms. The first-order chi connectivity index (χ1) is 21.6. The van der Waals surface area contributed by atoms with Crippen molar-refractivity contribution in [3.05, 3.63) is 41.5 Å². The summed E-state index contributed by atoms with van der Waals surface area (Å²) in [4.78, 5) is 40.2. The zero-order valence-electron chi connectivity index (χ0n) is 28.0. The van der Waals surface area contributed by atoms with Crippen LogP contribution in [0.25, 0.3) is 11.0 Å². The summed E-state index contributed by atoms with van der Waals surface area (Å²) in [5.41, 5.74) is 7.90. The average Bonchev–Trinajstić information content (AvgIpc) is 3.34. The van der Waals surface area contributed by atoms with Gasteiger partial charge in [-0.05, 0) is 91.7 Å². The Kier molecular flexibility index (Phi) is 10.7. The number of hydrogen-bond acceptors (Lipinski definition) is 10. The molecule has 2 amide bonds. The molecule has 3 aromatic rings. The normalized spacial score (nSPS) is 15.9. The van der Waals surface area contributed by atoms with E-state index in [4.69, 9.17) is 29.7 Å². The number of carbonyl (C=O) groups excluding carboxylic acids is 2. The second-order valence-electron chi connectivity index (χ2n) is 13.2. The highest BCUT2D eigenvalue weighted by molar-refractivity contribution is 6.00. The topological polar surface area (TPSA) is 156 Å². The Morgan fingerprint density at radius 3 is 2.54 bits per heavy atom. The minimum atomic E-state index is -0.681. The summed E-state index contributed by atoms with van der Waals surface area (Å²) in [5.74, 6) is 6.62. The van der Waals surface area contributed by atoms with Crippen molar-refractivity contribution in [2.45, 2.75) is 97.4 Å². The van der Waals surface area contributed by atoms with Crippen molar-refractivity contribution in [2.75, 3.05) is 24.3 Å². The van der Waals surface area contributed by atoms with Crippen LogP contribution in [0.5, 0.6) is 0 Å². The number of nitrogens with zero attached hydrogens (tertiary/aromatic N) is 5. The molecule has 0 bridgehead atoms. The van der Waals surface area contributed by atoms with Gasteiger partial charge in [-0.2, -0.15) is 0 Å². The minimum absolute atomic E-state index is 0.142. The van der Waals surface area contributed by atoms with Crippen LogP contribution in [0, 0.1) is 11.8 Å². The first-order valence-electron chi connectivity index (χ1n) is 15.4. The molecule has 4 rings (SSSR count). The van der Waals surface area contributed by atoms with Crippen LogP contribution in [0.15, 0.2) is 24.5 Å². The number of hydrogen-bond donors (Lipinski definition) is 2. The Labute approximate surface area is 270 Å². The molecule has 0 radical (unpaired) electrons. The molecule has 1 aliphatic rings. The zero-order valence-corrected chi connectivity index (χ0v) is 28.0. The summed E-state index contributed by atoms with van der Waals surface area (Å²) in [6.45, 7) is 11.4. The molecule has 0 aromatic carbocycles. The van der Waals surface area contributed by atoms with E-state index in [-0.39, 0.29) is 11.6 Å². The number of rotatable bonds is 7. The number of aromatic nitrogens is 4. The predicted molar refractivity (Wildman–Crippen MR) is 174 cm³/mol. The molecule has 13 nitrogen and oxygen atoms in total. The van der Waals surface area contributed by atoms with Gasteiger partial charge in [0.25, 0.3) is 0 Å². The molecule has 1 unspecified atom stereocenters. The highest BCUT2D eigenvalue weighted by Crippen LogP contribution is 2.30. The lowest BCUT2D eigenvalue weighted by atomic mass is 10.1. The fourth-order valence-corrected chi connectivity index (χ4v) is 4.72. The number of carbonyl (C=O) groups is 2. The molecule has 2 atom stereocenters. The van der Waals surface area contributed by atoms with Crippen molar-refractivity contribution >= 4 is 34.9 Å². The number of nitrogens with two attached hydrogens (primary N) is 1. The molecule has 3 N–H and O–H groups in total. The molecule has 0 saturated carbocycles. The number of nitrogen functional groups attached to an aromatic ring is 1. The lowest BCUT2D eigenvalue weighted by molar-refractivity contribution is -0.194. The van der Waals surface area contributed by atoms with Crippen LogP contribution >= 0.6 is 0 Å². The van der Waals surface area contributed by atoms with E-state index in [1.165, 1.54) is 4.90 Å². The van der Waals surface area contributed by atoms with Crippen LogP contribution < -0.4 is 16.0 Å². The number of pyridine rings is 2. The first-order valence-corrected chi connectivity index (χ1v) is 15.4. The van der Waals surface area contributed by atoms with E-state index >= 15 is 0 Å². The van der Waals surface area contributed by atoms with Crippen molar-refractivity contribution in [3.63, 3.8) is 0 Å². The van der Waals surface area contributed by atoms with Crippen LogP contribution in [0.4, 0.5) is 21.2 Å². The van der Waals surface area contributed by atoms with Gasteiger partial charge in [-0.15, -0.1) is 0 Å². The molecule has 13 heteroatoms.